The van der Waals surface area contributed by atoms with E-state index in [0.29, 0.717) is 18.2 Å². The van der Waals surface area contributed by atoms with Gasteiger partial charge in [-0.25, -0.2) is 0 Å². The van der Waals surface area contributed by atoms with E-state index in [1.807, 2.05) is 4.90 Å². The van der Waals surface area contributed by atoms with Crippen molar-refractivity contribution in [2.75, 3.05) is 26.2 Å². The molecule has 0 atom stereocenters. The number of hydrogen-bond acceptors (Lipinski definition) is 2. The molecule has 1 fully saturated rings. The molecule has 0 unspecified atom stereocenters. The first-order valence-corrected chi connectivity index (χ1v) is 8.83. The van der Waals surface area contributed by atoms with E-state index in [-0.39, 0.29) is 5.41 Å². The highest BCUT2D eigenvalue weighted by Gasteiger charge is 2.24. The lowest BCUT2D eigenvalue weighted by Crippen LogP contribution is -2.48. The van der Waals surface area contributed by atoms with Crippen LogP contribution in [0.3, 0.4) is 0 Å². The van der Waals surface area contributed by atoms with Crippen LogP contribution in [0.1, 0.15) is 58.1 Å². The second-order valence-corrected chi connectivity index (χ2v) is 8.29. The van der Waals surface area contributed by atoms with Crippen LogP contribution in [0.25, 0.3) is 0 Å². The number of carbonyl (C=O) groups excluding carboxylic acids is 1. The third kappa shape index (κ3) is 5.65. The van der Waals surface area contributed by atoms with Crippen LogP contribution in [0, 0.1) is 5.41 Å². The van der Waals surface area contributed by atoms with Crippen LogP contribution in [0.15, 0.2) is 24.3 Å². The normalized spacial score (nSPS) is 16.9. The van der Waals surface area contributed by atoms with Gasteiger partial charge in [-0.2, -0.15) is 0 Å². The predicted octanol–water partition coefficient (Wildman–Crippen LogP) is 3.89. The summed E-state index contributed by atoms with van der Waals surface area (Å²) in [5.41, 5.74) is 2.84. The Hall–Kier alpha value is -1.35. The molecule has 0 bridgehead atoms. The maximum absolute atomic E-state index is 12.3. The number of amides is 1. The minimum atomic E-state index is 0.0758. The smallest absolute Gasteiger partial charge is 0.223 e. The molecule has 1 aromatic carbocycles. The summed E-state index contributed by atoms with van der Waals surface area (Å²) < 4.78 is 0. The van der Waals surface area contributed by atoms with Crippen LogP contribution in [0.5, 0.6) is 0 Å². The minimum absolute atomic E-state index is 0.0758. The van der Waals surface area contributed by atoms with Gasteiger partial charge in [-0.1, -0.05) is 58.9 Å². The van der Waals surface area contributed by atoms with Crippen molar-refractivity contribution in [3.05, 3.63) is 35.4 Å². The Morgan fingerprint density at radius 1 is 1.04 bits per heavy atom. The lowest BCUT2D eigenvalue weighted by Gasteiger charge is -2.36. The van der Waals surface area contributed by atoms with E-state index in [9.17, 15) is 4.79 Å². The van der Waals surface area contributed by atoms with Crippen LogP contribution in [-0.4, -0.2) is 41.9 Å². The minimum Gasteiger partial charge on any atom is -0.340 e. The molecule has 0 saturated carbocycles. The third-order valence-electron chi connectivity index (χ3n) is 4.46. The van der Waals surface area contributed by atoms with E-state index < -0.39 is 0 Å². The van der Waals surface area contributed by atoms with Gasteiger partial charge < -0.3 is 4.90 Å². The molecule has 2 rings (SSSR count). The highest BCUT2D eigenvalue weighted by Crippen LogP contribution is 2.21. The van der Waals surface area contributed by atoms with Gasteiger partial charge in [0.25, 0.3) is 0 Å². The lowest BCUT2D eigenvalue weighted by molar-refractivity contribution is -0.134. The van der Waals surface area contributed by atoms with E-state index in [1.54, 1.807) is 0 Å². The number of nitrogens with zero attached hydrogens (tertiary/aromatic N) is 2. The Balaban J connectivity index is 1.81. The van der Waals surface area contributed by atoms with Crippen molar-refractivity contribution in [2.24, 2.45) is 5.41 Å². The molecule has 1 aliphatic rings. The molecule has 3 heteroatoms. The SMILES string of the molecule is CC(C)c1ccc(CN2CCN(C(=O)CC(C)(C)C)CC2)cc1. The van der Waals surface area contributed by atoms with Crippen molar-refractivity contribution in [2.45, 2.75) is 53.5 Å². The van der Waals surface area contributed by atoms with Crippen LogP contribution in [-0.2, 0) is 11.3 Å². The zero-order chi connectivity index (χ0) is 17.0. The highest BCUT2D eigenvalue weighted by molar-refractivity contribution is 5.76. The number of benzene rings is 1. The Labute approximate surface area is 141 Å². The van der Waals surface area contributed by atoms with Crippen molar-refractivity contribution in [3.63, 3.8) is 0 Å². The molecule has 0 N–H and O–H groups in total. The number of hydrogen-bond donors (Lipinski definition) is 0. The van der Waals surface area contributed by atoms with Crippen molar-refractivity contribution >= 4 is 5.91 Å². The van der Waals surface area contributed by atoms with Gasteiger partial charge in [0.05, 0.1) is 0 Å². The molecule has 0 radical (unpaired) electrons. The molecular formula is C20H32N2O. The summed E-state index contributed by atoms with van der Waals surface area (Å²) in [4.78, 5) is 16.8. The van der Waals surface area contributed by atoms with Gasteiger partial charge in [0, 0.05) is 39.1 Å². The van der Waals surface area contributed by atoms with Crippen LogP contribution < -0.4 is 0 Å². The second kappa shape index (κ2) is 7.48. The Bertz CT molecular complexity index is 505. The maximum Gasteiger partial charge on any atom is 0.223 e. The molecule has 0 aliphatic carbocycles. The Kier molecular flexibility index (Phi) is 5.85. The molecule has 23 heavy (non-hydrogen) atoms. The fourth-order valence-electron chi connectivity index (χ4n) is 2.99. The summed E-state index contributed by atoms with van der Waals surface area (Å²) in [6, 6.07) is 8.96. The third-order valence-corrected chi connectivity index (χ3v) is 4.46. The molecule has 1 aliphatic heterocycles. The fourth-order valence-corrected chi connectivity index (χ4v) is 2.99. The van der Waals surface area contributed by atoms with Crippen molar-refractivity contribution < 1.29 is 4.79 Å². The first-order chi connectivity index (χ1) is 10.7. The summed E-state index contributed by atoms with van der Waals surface area (Å²) in [6.07, 6.45) is 0.643. The fraction of sp³-hybridized carbons (Fsp3) is 0.650. The van der Waals surface area contributed by atoms with Gasteiger partial charge in [-0.3, -0.25) is 9.69 Å². The summed E-state index contributed by atoms with van der Waals surface area (Å²) in [7, 11) is 0. The maximum atomic E-state index is 12.3. The summed E-state index contributed by atoms with van der Waals surface area (Å²) >= 11 is 0. The quantitative estimate of drug-likeness (QED) is 0.841. The average Bonchev–Trinajstić information content (AvgIpc) is 2.46. The van der Waals surface area contributed by atoms with Crippen LogP contribution >= 0.6 is 0 Å². The first-order valence-electron chi connectivity index (χ1n) is 8.83. The zero-order valence-electron chi connectivity index (χ0n) is 15.4. The predicted molar refractivity (Wildman–Crippen MR) is 96.5 cm³/mol. The lowest BCUT2D eigenvalue weighted by atomic mass is 9.91. The van der Waals surface area contributed by atoms with Gasteiger partial charge in [0.2, 0.25) is 5.91 Å². The number of rotatable bonds is 4. The Morgan fingerprint density at radius 2 is 1.61 bits per heavy atom. The Morgan fingerprint density at radius 3 is 2.09 bits per heavy atom. The molecule has 0 aromatic heterocycles. The molecule has 1 aromatic rings. The van der Waals surface area contributed by atoms with E-state index in [2.05, 4.69) is 63.8 Å². The van der Waals surface area contributed by atoms with Gasteiger partial charge in [0.1, 0.15) is 0 Å². The average molecular weight is 316 g/mol. The van der Waals surface area contributed by atoms with Gasteiger partial charge in [0.15, 0.2) is 0 Å². The molecule has 1 heterocycles. The largest absolute Gasteiger partial charge is 0.340 e. The van der Waals surface area contributed by atoms with Crippen LogP contribution in [0.2, 0.25) is 0 Å². The highest BCUT2D eigenvalue weighted by atomic mass is 16.2. The molecule has 1 saturated heterocycles. The summed E-state index contributed by atoms with van der Waals surface area (Å²) in [5, 5.41) is 0. The van der Waals surface area contributed by atoms with Crippen molar-refractivity contribution in [3.8, 4) is 0 Å². The van der Waals surface area contributed by atoms with E-state index >= 15 is 0 Å². The van der Waals surface area contributed by atoms with E-state index in [1.165, 1.54) is 11.1 Å². The number of carbonyl (C=O) groups is 1. The standard InChI is InChI=1S/C20H32N2O/c1-16(2)18-8-6-17(7-9-18)15-21-10-12-22(13-11-21)19(23)14-20(3,4)5/h6-9,16H,10-15H2,1-5H3. The number of piperazine rings is 1. The molecule has 1 amide bonds. The molecule has 128 valence electrons. The van der Waals surface area contributed by atoms with E-state index in [0.717, 1.165) is 32.7 Å². The first kappa shape index (κ1) is 18.0. The van der Waals surface area contributed by atoms with Gasteiger partial charge in [-0.05, 0) is 22.5 Å². The van der Waals surface area contributed by atoms with Crippen LogP contribution in [0.4, 0.5) is 0 Å². The van der Waals surface area contributed by atoms with Gasteiger partial charge >= 0.3 is 0 Å². The zero-order valence-corrected chi connectivity index (χ0v) is 15.4. The molecular weight excluding hydrogens is 284 g/mol. The monoisotopic (exact) mass is 316 g/mol. The van der Waals surface area contributed by atoms with Crippen molar-refractivity contribution in [1.82, 2.24) is 9.80 Å². The second-order valence-electron chi connectivity index (χ2n) is 8.29. The van der Waals surface area contributed by atoms with E-state index in [4.69, 9.17) is 0 Å². The molecule has 3 nitrogen and oxygen atoms in total. The topological polar surface area (TPSA) is 23.6 Å². The van der Waals surface area contributed by atoms with Gasteiger partial charge in [-0.15, -0.1) is 0 Å². The summed E-state index contributed by atoms with van der Waals surface area (Å²) in [6.45, 7) is 15.5. The summed E-state index contributed by atoms with van der Waals surface area (Å²) in [5.74, 6) is 0.889. The van der Waals surface area contributed by atoms with Crippen molar-refractivity contribution in [1.29, 1.82) is 0 Å². The molecule has 0 spiro atoms.